The maximum atomic E-state index is 10.1. The molecule has 12 heavy (non-hydrogen) atoms. The molecule has 1 aliphatic rings. The molecule has 0 bridgehead atoms. The van der Waals surface area contributed by atoms with Gasteiger partial charge in [-0.25, -0.2) is 0 Å². The second-order valence-corrected chi connectivity index (χ2v) is 3.79. The van der Waals surface area contributed by atoms with Crippen LogP contribution in [0.3, 0.4) is 0 Å². The van der Waals surface area contributed by atoms with E-state index in [1.54, 1.807) is 11.8 Å². The van der Waals surface area contributed by atoms with Crippen LogP contribution in [0.2, 0.25) is 0 Å². The van der Waals surface area contributed by atoms with Gasteiger partial charge in [0.1, 0.15) is 0 Å². The van der Waals surface area contributed by atoms with Crippen molar-refractivity contribution in [2.75, 3.05) is 11.6 Å². The van der Waals surface area contributed by atoms with E-state index >= 15 is 0 Å². The standard InChI is InChI=1S/C6H14.C3H5NOS/c1-3-5-6-4-2;5-3-1-6-2-4-3/h3-6H2,1-2H3;1-2H2,(H,4,5). The molecule has 0 aromatic heterocycles. The Balaban J connectivity index is 0.000000202. The molecular weight excluding hydrogens is 170 g/mol. The molecule has 3 heteroatoms. The summed E-state index contributed by atoms with van der Waals surface area (Å²) in [5, 5.41) is 2.64. The van der Waals surface area contributed by atoms with Gasteiger partial charge in [0.15, 0.2) is 0 Å². The fourth-order valence-electron chi connectivity index (χ4n) is 0.826. The third-order valence-corrected chi connectivity index (χ3v) is 2.38. The fourth-order valence-corrected chi connectivity index (χ4v) is 1.48. The number of nitrogens with one attached hydrogen (secondary N) is 1. The molecule has 1 saturated heterocycles. The molecule has 0 saturated carbocycles. The van der Waals surface area contributed by atoms with Crippen LogP contribution in [0.5, 0.6) is 0 Å². The van der Waals surface area contributed by atoms with E-state index in [4.69, 9.17) is 0 Å². The minimum absolute atomic E-state index is 0.167. The number of thioether (sulfide) groups is 1. The lowest BCUT2D eigenvalue weighted by molar-refractivity contribution is -0.117. The van der Waals surface area contributed by atoms with Gasteiger partial charge in [-0.05, 0) is 0 Å². The largest absolute Gasteiger partial charge is 0.346 e. The highest BCUT2D eigenvalue weighted by Gasteiger charge is 2.05. The Hall–Kier alpha value is -0.180. The van der Waals surface area contributed by atoms with Crippen LogP contribution >= 0.6 is 11.8 Å². The van der Waals surface area contributed by atoms with Crippen molar-refractivity contribution < 1.29 is 4.79 Å². The van der Waals surface area contributed by atoms with E-state index in [1.165, 1.54) is 25.7 Å². The Morgan fingerprint density at radius 2 is 1.92 bits per heavy atom. The van der Waals surface area contributed by atoms with Crippen LogP contribution in [-0.4, -0.2) is 17.5 Å². The van der Waals surface area contributed by atoms with E-state index in [1.807, 2.05) is 0 Å². The zero-order valence-corrected chi connectivity index (χ0v) is 8.88. The van der Waals surface area contributed by atoms with Crippen molar-refractivity contribution in [1.82, 2.24) is 5.32 Å². The highest BCUT2D eigenvalue weighted by atomic mass is 32.2. The summed E-state index contributed by atoms with van der Waals surface area (Å²) >= 11 is 1.62. The summed E-state index contributed by atoms with van der Waals surface area (Å²) in [4.78, 5) is 10.1. The van der Waals surface area contributed by atoms with Gasteiger partial charge in [0.05, 0.1) is 11.6 Å². The van der Waals surface area contributed by atoms with Crippen LogP contribution in [0.25, 0.3) is 0 Å². The molecule has 2 nitrogen and oxygen atoms in total. The maximum Gasteiger partial charge on any atom is 0.230 e. The second-order valence-electron chi connectivity index (χ2n) is 2.80. The minimum atomic E-state index is 0.167. The van der Waals surface area contributed by atoms with Crippen LogP contribution in [0, 0.1) is 0 Å². The molecule has 0 aliphatic carbocycles. The van der Waals surface area contributed by atoms with Gasteiger partial charge in [0, 0.05) is 0 Å². The number of rotatable bonds is 3. The SMILES string of the molecule is CCCCCC.O=C1CSCN1. The van der Waals surface area contributed by atoms with Gasteiger partial charge in [-0.3, -0.25) is 4.79 Å². The summed E-state index contributed by atoms with van der Waals surface area (Å²) in [6.07, 6.45) is 5.54. The smallest absolute Gasteiger partial charge is 0.230 e. The first-order chi connectivity index (χ1) is 5.81. The first-order valence-corrected chi connectivity index (χ1v) is 5.81. The van der Waals surface area contributed by atoms with E-state index in [0.717, 1.165) is 5.88 Å². The Morgan fingerprint density at radius 1 is 1.33 bits per heavy atom. The van der Waals surface area contributed by atoms with Crippen LogP contribution in [0.1, 0.15) is 39.5 Å². The molecule has 0 atom stereocenters. The summed E-state index contributed by atoms with van der Waals surface area (Å²) < 4.78 is 0. The van der Waals surface area contributed by atoms with Gasteiger partial charge in [-0.2, -0.15) is 0 Å². The Kier molecular flexibility index (Phi) is 8.78. The zero-order valence-electron chi connectivity index (χ0n) is 8.06. The van der Waals surface area contributed by atoms with Gasteiger partial charge < -0.3 is 5.32 Å². The summed E-state index contributed by atoms with van der Waals surface area (Å²) in [6.45, 7) is 4.46. The van der Waals surface area contributed by atoms with Crippen molar-refractivity contribution in [3.8, 4) is 0 Å². The third-order valence-electron chi connectivity index (χ3n) is 1.56. The number of hydrogen-bond acceptors (Lipinski definition) is 2. The number of hydrogen-bond donors (Lipinski definition) is 1. The Labute approximate surface area is 79.5 Å². The lowest BCUT2D eigenvalue weighted by Gasteiger charge is -1.86. The molecule has 0 radical (unpaired) electrons. The number of carbonyl (C=O) groups excluding carboxylic acids is 1. The van der Waals surface area contributed by atoms with Crippen molar-refractivity contribution in [2.45, 2.75) is 39.5 Å². The highest BCUT2D eigenvalue weighted by molar-refractivity contribution is 8.00. The summed E-state index contributed by atoms with van der Waals surface area (Å²) in [6, 6.07) is 0. The number of carbonyl (C=O) groups is 1. The molecular formula is C9H19NOS. The van der Waals surface area contributed by atoms with Crippen molar-refractivity contribution >= 4 is 17.7 Å². The predicted octanol–water partition coefficient (Wildman–Crippen LogP) is 2.39. The quantitative estimate of drug-likeness (QED) is 0.691. The van der Waals surface area contributed by atoms with Gasteiger partial charge in [0.25, 0.3) is 0 Å². The first-order valence-electron chi connectivity index (χ1n) is 4.65. The molecule has 1 fully saturated rings. The average Bonchev–Trinajstić information content (AvgIpc) is 2.53. The topological polar surface area (TPSA) is 29.1 Å². The molecule has 1 aliphatic heterocycles. The summed E-state index contributed by atoms with van der Waals surface area (Å²) in [5.74, 6) is 1.62. The summed E-state index contributed by atoms with van der Waals surface area (Å²) in [5.41, 5.74) is 0. The van der Waals surface area contributed by atoms with E-state index in [9.17, 15) is 4.79 Å². The molecule has 1 rings (SSSR count). The molecule has 1 heterocycles. The molecule has 1 amide bonds. The van der Waals surface area contributed by atoms with Gasteiger partial charge in [-0.15, -0.1) is 11.8 Å². The second kappa shape index (κ2) is 8.91. The number of amides is 1. The lowest BCUT2D eigenvalue weighted by atomic mass is 10.2. The lowest BCUT2D eigenvalue weighted by Crippen LogP contribution is -2.14. The number of unbranched alkanes of at least 4 members (excludes halogenated alkanes) is 3. The van der Waals surface area contributed by atoms with Crippen LogP contribution < -0.4 is 5.32 Å². The van der Waals surface area contributed by atoms with Crippen molar-refractivity contribution in [2.24, 2.45) is 0 Å². The van der Waals surface area contributed by atoms with E-state index < -0.39 is 0 Å². The van der Waals surface area contributed by atoms with Gasteiger partial charge in [-0.1, -0.05) is 39.5 Å². The highest BCUT2D eigenvalue weighted by Crippen LogP contribution is 2.01. The fraction of sp³-hybridized carbons (Fsp3) is 0.889. The molecule has 0 unspecified atom stereocenters. The van der Waals surface area contributed by atoms with Crippen molar-refractivity contribution in [3.63, 3.8) is 0 Å². The minimum Gasteiger partial charge on any atom is -0.346 e. The molecule has 0 aromatic carbocycles. The van der Waals surface area contributed by atoms with Crippen LogP contribution in [0.4, 0.5) is 0 Å². The van der Waals surface area contributed by atoms with Gasteiger partial charge in [0.2, 0.25) is 5.91 Å². The molecule has 0 spiro atoms. The molecule has 0 aromatic rings. The van der Waals surface area contributed by atoms with Gasteiger partial charge >= 0.3 is 0 Å². The molecule has 1 N–H and O–H groups in total. The Bertz CT molecular complexity index is 105. The molecule has 72 valence electrons. The van der Waals surface area contributed by atoms with Crippen molar-refractivity contribution in [3.05, 3.63) is 0 Å². The van der Waals surface area contributed by atoms with Crippen LogP contribution in [-0.2, 0) is 4.79 Å². The van der Waals surface area contributed by atoms with E-state index in [2.05, 4.69) is 19.2 Å². The predicted molar refractivity (Wildman–Crippen MR) is 55.3 cm³/mol. The van der Waals surface area contributed by atoms with E-state index in [0.29, 0.717) is 5.75 Å². The monoisotopic (exact) mass is 189 g/mol. The van der Waals surface area contributed by atoms with E-state index in [-0.39, 0.29) is 5.91 Å². The first kappa shape index (κ1) is 11.8. The average molecular weight is 189 g/mol. The third kappa shape index (κ3) is 7.92. The van der Waals surface area contributed by atoms with Crippen LogP contribution in [0.15, 0.2) is 0 Å². The normalized spacial score (nSPS) is 15.0. The Morgan fingerprint density at radius 3 is 2.08 bits per heavy atom. The summed E-state index contributed by atoms with van der Waals surface area (Å²) in [7, 11) is 0. The zero-order chi connectivity index (χ0) is 9.23. The van der Waals surface area contributed by atoms with Crippen molar-refractivity contribution in [1.29, 1.82) is 0 Å². The maximum absolute atomic E-state index is 10.1.